The van der Waals surface area contributed by atoms with Gasteiger partial charge in [-0.05, 0) is 38.5 Å². The van der Waals surface area contributed by atoms with Crippen LogP contribution in [-0.4, -0.2) is 12.1 Å². The molecule has 0 aliphatic heterocycles. The molecule has 0 amide bonds. The van der Waals surface area contributed by atoms with Crippen LogP contribution in [0.4, 0.5) is 4.39 Å². The van der Waals surface area contributed by atoms with E-state index >= 15 is 0 Å². The largest absolute Gasteiger partial charge is 0.483 e. The van der Waals surface area contributed by atoms with Gasteiger partial charge in [0.25, 0.3) is 0 Å². The molecule has 0 atom stereocenters. The highest BCUT2D eigenvalue weighted by atomic mass is 19.1. The normalized spacial score (nSPS) is 11.5. The van der Waals surface area contributed by atoms with E-state index in [4.69, 9.17) is 10.5 Å². The van der Waals surface area contributed by atoms with Crippen molar-refractivity contribution in [2.45, 2.75) is 26.4 Å². The van der Waals surface area contributed by atoms with Gasteiger partial charge in [-0.25, -0.2) is 4.39 Å². The summed E-state index contributed by atoms with van der Waals surface area (Å²) in [6, 6.07) is 4.78. The van der Waals surface area contributed by atoms with Gasteiger partial charge in [-0.15, -0.1) is 0 Å². The molecule has 0 radical (unpaired) electrons. The maximum absolute atomic E-state index is 13.3. The third-order valence-corrected chi connectivity index (χ3v) is 1.96. The zero-order valence-corrected chi connectivity index (χ0v) is 8.80. The molecule has 78 valence electrons. The summed E-state index contributed by atoms with van der Waals surface area (Å²) in [5, 5.41) is 0. The molecule has 1 aromatic rings. The number of ether oxygens (including phenoxy) is 1. The number of hydrogen-bond donors (Lipinski definition) is 1. The Morgan fingerprint density at radius 3 is 2.64 bits per heavy atom. The topological polar surface area (TPSA) is 35.2 Å². The first-order valence-electron chi connectivity index (χ1n) is 4.60. The van der Waals surface area contributed by atoms with E-state index in [-0.39, 0.29) is 11.6 Å². The number of rotatable bonds is 3. The summed E-state index contributed by atoms with van der Waals surface area (Å²) in [6.45, 7) is 5.89. The van der Waals surface area contributed by atoms with Gasteiger partial charge in [0.1, 0.15) is 5.60 Å². The van der Waals surface area contributed by atoms with Crippen molar-refractivity contribution in [3.8, 4) is 5.75 Å². The van der Waals surface area contributed by atoms with Gasteiger partial charge in [-0.2, -0.15) is 0 Å². The average Bonchev–Trinajstić information content (AvgIpc) is 2.11. The number of halogens is 1. The summed E-state index contributed by atoms with van der Waals surface area (Å²) in [6.07, 6.45) is 0. The Morgan fingerprint density at radius 2 is 2.07 bits per heavy atom. The lowest BCUT2D eigenvalue weighted by molar-refractivity contribution is 0.112. The van der Waals surface area contributed by atoms with E-state index in [9.17, 15) is 4.39 Å². The Balaban J connectivity index is 2.91. The van der Waals surface area contributed by atoms with Crippen LogP contribution in [0.1, 0.15) is 19.4 Å². The zero-order valence-electron chi connectivity index (χ0n) is 8.80. The summed E-state index contributed by atoms with van der Waals surface area (Å²) in [5.41, 5.74) is 5.93. The van der Waals surface area contributed by atoms with Crippen molar-refractivity contribution < 1.29 is 9.13 Å². The Labute approximate surface area is 83.9 Å². The maximum Gasteiger partial charge on any atom is 0.165 e. The van der Waals surface area contributed by atoms with Gasteiger partial charge >= 0.3 is 0 Å². The van der Waals surface area contributed by atoms with Gasteiger partial charge in [0, 0.05) is 6.54 Å². The smallest absolute Gasteiger partial charge is 0.165 e. The van der Waals surface area contributed by atoms with Crippen molar-refractivity contribution in [1.82, 2.24) is 0 Å². The van der Waals surface area contributed by atoms with Crippen molar-refractivity contribution in [2.24, 2.45) is 5.73 Å². The van der Waals surface area contributed by atoms with Gasteiger partial charge in [0.2, 0.25) is 0 Å². The van der Waals surface area contributed by atoms with E-state index in [1.807, 2.05) is 20.8 Å². The molecule has 0 spiro atoms. The molecule has 0 heterocycles. The fraction of sp³-hybridized carbons (Fsp3) is 0.455. The second kappa shape index (κ2) is 3.96. The van der Waals surface area contributed by atoms with Crippen molar-refractivity contribution >= 4 is 0 Å². The van der Waals surface area contributed by atoms with Gasteiger partial charge in [-0.3, -0.25) is 0 Å². The van der Waals surface area contributed by atoms with Gasteiger partial charge in [-0.1, -0.05) is 6.07 Å². The van der Waals surface area contributed by atoms with Crippen LogP contribution in [0.5, 0.6) is 5.75 Å². The summed E-state index contributed by atoms with van der Waals surface area (Å²) < 4.78 is 18.7. The molecular weight excluding hydrogens is 181 g/mol. The minimum atomic E-state index is -0.533. The van der Waals surface area contributed by atoms with Crippen LogP contribution in [-0.2, 0) is 0 Å². The van der Waals surface area contributed by atoms with Crippen LogP contribution >= 0.6 is 0 Å². The Morgan fingerprint density at radius 1 is 1.43 bits per heavy atom. The minimum absolute atomic E-state index is 0.264. The summed E-state index contributed by atoms with van der Waals surface area (Å²) in [5.74, 6) is -0.0856. The van der Waals surface area contributed by atoms with Gasteiger partial charge in [0.15, 0.2) is 11.6 Å². The van der Waals surface area contributed by atoms with Crippen LogP contribution in [0.15, 0.2) is 18.2 Å². The van der Waals surface area contributed by atoms with Crippen LogP contribution in [0.2, 0.25) is 0 Å². The molecule has 0 saturated carbocycles. The molecule has 0 saturated heterocycles. The fourth-order valence-corrected chi connectivity index (χ4v) is 1.03. The highest BCUT2D eigenvalue weighted by molar-refractivity contribution is 5.29. The lowest BCUT2D eigenvalue weighted by atomic mass is 10.1. The summed E-state index contributed by atoms with van der Waals surface area (Å²) in [4.78, 5) is 0. The first-order valence-corrected chi connectivity index (χ1v) is 4.60. The molecule has 0 aromatic heterocycles. The van der Waals surface area contributed by atoms with Crippen LogP contribution in [0.3, 0.4) is 0 Å². The van der Waals surface area contributed by atoms with E-state index in [2.05, 4.69) is 0 Å². The van der Waals surface area contributed by atoms with E-state index in [0.29, 0.717) is 6.54 Å². The predicted molar refractivity (Wildman–Crippen MR) is 54.9 cm³/mol. The molecule has 3 heteroatoms. The number of aryl methyl sites for hydroxylation is 1. The Bertz CT molecular complexity index is 323. The molecule has 0 aliphatic carbocycles. The molecule has 2 N–H and O–H groups in total. The monoisotopic (exact) mass is 197 g/mol. The average molecular weight is 197 g/mol. The van der Waals surface area contributed by atoms with E-state index in [1.165, 1.54) is 6.07 Å². The standard InChI is InChI=1S/C11H16FNO/c1-8-4-5-9(12)10(6-8)14-11(2,3)7-13/h4-6H,7,13H2,1-3H3. The van der Waals surface area contributed by atoms with Crippen LogP contribution < -0.4 is 10.5 Å². The quantitative estimate of drug-likeness (QED) is 0.806. The van der Waals surface area contributed by atoms with E-state index < -0.39 is 5.60 Å². The third kappa shape index (κ3) is 2.70. The number of benzene rings is 1. The highest BCUT2D eigenvalue weighted by Crippen LogP contribution is 2.22. The van der Waals surface area contributed by atoms with Crippen molar-refractivity contribution in [2.75, 3.05) is 6.54 Å². The third-order valence-electron chi connectivity index (χ3n) is 1.96. The highest BCUT2D eigenvalue weighted by Gasteiger charge is 2.19. The van der Waals surface area contributed by atoms with E-state index in [0.717, 1.165) is 5.56 Å². The lowest BCUT2D eigenvalue weighted by Crippen LogP contribution is -2.37. The first kappa shape index (κ1) is 11.0. The Kier molecular flexibility index (Phi) is 3.11. The van der Waals surface area contributed by atoms with Crippen LogP contribution in [0.25, 0.3) is 0 Å². The SMILES string of the molecule is Cc1ccc(F)c(OC(C)(C)CN)c1. The van der Waals surface area contributed by atoms with Crippen molar-refractivity contribution in [1.29, 1.82) is 0 Å². The minimum Gasteiger partial charge on any atom is -0.483 e. The molecule has 2 nitrogen and oxygen atoms in total. The molecule has 14 heavy (non-hydrogen) atoms. The van der Waals surface area contributed by atoms with E-state index in [1.54, 1.807) is 12.1 Å². The summed E-state index contributed by atoms with van der Waals surface area (Å²) in [7, 11) is 0. The molecular formula is C11H16FNO. The van der Waals surface area contributed by atoms with Crippen molar-refractivity contribution in [3.05, 3.63) is 29.6 Å². The second-order valence-corrected chi connectivity index (χ2v) is 4.00. The van der Waals surface area contributed by atoms with Crippen LogP contribution in [0, 0.1) is 12.7 Å². The fourth-order valence-electron chi connectivity index (χ4n) is 1.03. The first-order chi connectivity index (χ1) is 6.44. The predicted octanol–water partition coefficient (Wildman–Crippen LogP) is 2.25. The number of nitrogens with two attached hydrogens (primary N) is 1. The second-order valence-electron chi connectivity index (χ2n) is 4.00. The number of hydrogen-bond acceptors (Lipinski definition) is 2. The molecule has 1 aromatic carbocycles. The molecule has 1 rings (SSSR count). The summed E-state index contributed by atoms with van der Waals surface area (Å²) >= 11 is 0. The molecule has 0 fully saturated rings. The zero-order chi connectivity index (χ0) is 10.8. The van der Waals surface area contributed by atoms with Crippen molar-refractivity contribution in [3.63, 3.8) is 0 Å². The lowest BCUT2D eigenvalue weighted by Gasteiger charge is -2.24. The molecule has 0 aliphatic rings. The Hall–Kier alpha value is -1.09. The maximum atomic E-state index is 13.3. The van der Waals surface area contributed by atoms with Gasteiger partial charge in [0.05, 0.1) is 0 Å². The molecule has 0 unspecified atom stereocenters. The molecule has 0 bridgehead atoms. The van der Waals surface area contributed by atoms with Gasteiger partial charge < -0.3 is 10.5 Å².